The van der Waals surface area contributed by atoms with Gasteiger partial charge >= 0.3 is 5.97 Å². The van der Waals surface area contributed by atoms with Crippen molar-refractivity contribution >= 4 is 23.6 Å². The van der Waals surface area contributed by atoms with Gasteiger partial charge in [-0.25, -0.2) is 9.18 Å². The lowest BCUT2D eigenvalue weighted by atomic mass is 10.1. The van der Waals surface area contributed by atoms with E-state index in [2.05, 4.69) is 9.59 Å². The van der Waals surface area contributed by atoms with E-state index in [4.69, 9.17) is 5.11 Å². The van der Waals surface area contributed by atoms with E-state index in [1.165, 1.54) is 18.2 Å². The molecule has 0 atom stereocenters. The summed E-state index contributed by atoms with van der Waals surface area (Å²) in [6.45, 7) is 0. The first kappa shape index (κ1) is 11.4. The molecular weight excluding hydrogens is 243 g/mol. The zero-order valence-electron chi connectivity index (χ0n) is 8.50. The first-order valence-electron chi connectivity index (χ1n) is 4.66. The largest absolute Gasteiger partial charge is 0.478 e. The second-order valence-electron chi connectivity index (χ2n) is 3.17. The highest BCUT2D eigenvalue weighted by Gasteiger charge is 2.08. The van der Waals surface area contributed by atoms with Crippen LogP contribution in [-0.4, -0.2) is 20.7 Å². The van der Waals surface area contributed by atoms with Gasteiger partial charge in [0.1, 0.15) is 11.5 Å². The second-order valence-corrected chi connectivity index (χ2v) is 3.92. The molecule has 1 N–H and O–H groups in total. The Balaban J connectivity index is 2.36. The number of nitrogens with zero attached hydrogens (tertiary/aromatic N) is 2. The van der Waals surface area contributed by atoms with Gasteiger partial charge in [-0.1, -0.05) is 16.6 Å². The molecule has 0 saturated heterocycles. The van der Waals surface area contributed by atoms with Gasteiger partial charge in [-0.2, -0.15) is 0 Å². The molecule has 0 unspecified atom stereocenters. The molecule has 0 radical (unpaired) electrons. The second kappa shape index (κ2) is 4.84. The Morgan fingerprint density at radius 2 is 2.06 bits per heavy atom. The van der Waals surface area contributed by atoms with E-state index in [0.717, 1.165) is 23.2 Å². The third-order valence-corrected chi connectivity index (χ3v) is 2.79. The van der Waals surface area contributed by atoms with Crippen LogP contribution in [-0.2, 0) is 4.79 Å². The van der Waals surface area contributed by atoms with E-state index < -0.39 is 5.97 Å². The van der Waals surface area contributed by atoms with Crippen LogP contribution in [0, 0.1) is 5.82 Å². The predicted molar refractivity (Wildman–Crippen MR) is 62.0 cm³/mol. The standard InChI is InChI=1S/C11H7FN2O2S/c12-8-3-1-7(2-4-8)11-9(13-14-17-11)5-6-10(15)16/h1-6H,(H,15,16). The van der Waals surface area contributed by atoms with Crippen molar-refractivity contribution < 1.29 is 14.3 Å². The topological polar surface area (TPSA) is 63.1 Å². The molecule has 2 aromatic rings. The lowest BCUT2D eigenvalue weighted by molar-refractivity contribution is -0.131. The molecule has 1 aromatic carbocycles. The van der Waals surface area contributed by atoms with Gasteiger partial charge in [0, 0.05) is 6.08 Å². The maximum absolute atomic E-state index is 12.8. The number of aromatic nitrogens is 2. The third-order valence-electron chi connectivity index (χ3n) is 2.00. The summed E-state index contributed by atoms with van der Waals surface area (Å²) in [5.74, 6) is -1.38. The lowest BCUT2D eigenvalue weighted by Gasteiger charge is -1.97. The predicted octanol–water partition coefficient (Wildman–Crippen LogP) is 2.44. The van der Waals surface area contributed by atoms with Crippen LogP contribution in [0.1, 0.15) is 5.69 Å². The van der Waals surface area contributed by atoms with E-state index in [1.807, 2.05) is 0 Å². The smallest absolute Gasteiger partial charge is 0.328 e. The Morgan fingerprint density at radius 3 is 2.71 bits per heavy atom. The fourth-order valence-electron chi connectivity index (χ4n) is 1.26. The number of hydrogen-bond donors (Lipinski definition) is 1. The summed E-state index contributed by atoms with van der Waals surface area (Å²) in [5.41, 5.74) is 1.22. The first-order valence-corrected chi connectivity index (χ1v) is 5.43. The summed E-state index contributed by atoms with van der Waals surface area (Å²) in [5, 5.41) is 12.3. The molecule has 0 fully saturated rings. The first-order chi connectivity index (χ1) is 8.16. The minimum Gasteiger partial charge on any atom is -0.478 e. The minimum absolute atomic E-state index is 0.325. The highest BCUT2D eigenvalue weighted by molar-refractivity contribution is 7.09. The Morgan fingerprint density at radius 1 is 1.35 bits per heavy atom. The third kappa shape index (κ3) is 2.73. The fourth-order valence-corrected chi connectivity index (χ4v) is 1.91. The zero-order chi connectivity index (χ0) is 12.3. The summed E-state index contributed by atoms with van der Waals surface area (Å²) in [4.78, 5) is 11.1. The van der Waals surface area contributed by atoms with Gasteiger partial charge in [0.2, 0.25) is 0 Å². The molecule has 17 heavy (non-hydrogen) atoms. The fraction of sp³-hybridized carbons (Fsp3) is 0. The Labute approximate surface area is 100 Å². The maximum atomic E-state index is 12.8. The Bertz CT molecular complexity index is 563. The van der Waals surface area contributed by atoms with Crippen molar-refractivity contribution in [1.29, 1.82) is 0 Å². The molecule has 0 aliphatic rings. The maximum Gasteiger partial charge on any atom is 0.328 e. The molecule has 1 heterocycles. The van der Waals surface area contributed by atoms with Crippen LogP contribution in [0.5, 0.6) is 0 Å². The van der Waals surface area contributed by atoms with Crippen LogP contribution >= 0.6 is 11.5 Å². The number of benzene rings is 1. The number of halogens is 1. The van der Waals surface area contributed by atoms with Crippen LogP contribution in [0.2, 0.25) is 0 Å². The van der Waals surface area contributed by atoms with Crippen molar-refractivity contribution in [1.82, 2.24) is 9.59 Å². The van der Waals surface area contributed by atoms with E-state index >= 15 is 0 Å². The van der Waals surface area contributed by atoms with Crippen molar-refractivity contribution in [2.75, 3.05) is 0 Å². The average Bonchev–Trinajstić information content (AvgIpc) is 2.75. The zero-order valence-corrected chi connectivity index (χ0v) is 9.32. The van der Waals surface area contributed by atoms with Crippen molar-refractivity contribution in [3.05, 3.63) is 41.9 Å². The summed E-state index contributed by atoms with van der Waals surface area (Å²) >= 11 is 1.13. The molecule has 4 nitrogen and oxygen atoms in total. The van der Waals surface area contributed by atoms with Gasteiger partial charge in [-0.15, -0.1) is 5.10 Å². The SMILES string of the molecule is O=C(O)C=Cc1nnsc1-c1ccc(F)cc1. The van der Waals surface area contributed by atoms with E-state index in [-0.39, 0.29) is 5.82 Å². The number of carboxylic acid groups (broad SMARTS) is 1. The molecule has 0 bridgehead atoms. The van der Waals surface area contributed by atoms with Crippen LogP contribution in [0.4, 0.5) is 4.39 Å². The van der Waals surface area contributed by atoms with Crippen molar-refractivity contribution in [3.8, 4) is 10.4 Å². The Hall–Kier alpha value is -2.08. The highest BCUT2D eigenvalue weighted by Crippen LogP contribution is 2.26. The number of aliphatic carboxylic acids is 1. The van der Waals surface area contributed by atoms with Crippen LogP contribution in [0.3, 0.4) is 0 Å². The van der Waals surface area contributed by atoms with Crippen LogP contribution in [0.25, 0.3) is 16.5 Å². The van der Waals surface area contributed by atoms with Gasteiger partial charge in [0.15, 0.2) is 0 Å². The minimum atomic E-state index is -1.05. The van der Waals surface area contributed by atoms with Crippen molar-refractivity contribution in [2.24, 2.45) is 0 Å². The van der Waals surface area contributed by atoms with E-state index in [9.17, 15) is 9.18 Å². The van der Waals surface area contributed by atoms with Gasteiger partial charge in [0.25, 0.3) is 0 Å². The average molecular weight is 250 g/mol. The molecule has 2 rings (SSSR count). The lowest BCUT2D eigenvalue weighted by Crippen LogP contribution is -1.87. The normalized spacial score (nSPS) is 10.9. The summed E-state index contributed by atoms with van der Waals surface area (Å²) in [6, 6.07) is 5.87. The van der Waals surface area contributed by atoms with E-state index in [0.29, 0.717) is 10.6 Å². The molecule has 6 heteroatoms. The molecule has 1 aromatic heterocycles. The van der Waals surface area contributed by atoms with Gasteiger partial charge < -0.3 is 5.11 Å². The number of carboxylic acids is 1. The molecule has 0 saturated carbocycles. The molecule has 0 aliphatic heterocycles. The Kier molecular flexibility index (Phi) is 3.24. The molecule has 0 amide bonds. The monoisotopic (exact) mass is 250 g/mol. The van der Waals surface area contributed by atoms with Crippen LogP contribution in [0.15, 0.2) is 30.3 Å². The van der Waals surface area contributed by atoms with Gasteiger partial charge in [0.05, 0.1) is 4.88 Å². The van der Waals surface area contributed by atoms with Crippen molar-refractivity contribution in [3.63, 3.8) is 0 Å². The molecule has 0 aliphatic carbocycles. The number of rotatable bonds is 3. The molecule has 0 spiro atoms. The number of hydrogen-bond acceptors (Lipinski definition) is 4. The molecular formula is C11H7FN2O2S. The molecule has 86 valence electrons. The number of carbonyl (C=O) groups is 1. The summed E-state index contributed by atoms with van der Waals surface area (Å²) < 4.78 is 16.5. The summed E-state index contributed by atoms with van der Waals surface area (Å²) in [7, 11) is 0. The van der Waals surface area contributed by atoms with Gasteiger partial charge in [-0.05, 0) is 35.3 Å². The quantitative estimate of drug-likeness (QED) is 0.850. The highest BCUT2D eigenvalue weighted by atomic mass is 32.1. The summed E-state index contributed by atoms with van der Waals surface area (Å²) in [6.07, 6.45) is 2.36. The van der Waals surface area contributed by atoms with Crippen LogP contribution < -0.4 is 0 Å². The van der Waals surface area contributed by atoms with E-state index in [1.54, 1.807) is 12.1 Å². The van der Waals surface area contributed by atoms with Gasteiger partial charge in [-0.3, -0.25) is 0 Å². The van der Waals surface area contributed by atoms with Crippen molar-refractivity contribution in [2.45, 2.75) is 0 Å².